The van der Waals surface area contributed by atoms with E-state index < -0.39 is 0 Å². The lowest BCUT2D eigenvalue weighted by atomic mass is 9.98. The van der Waals surface area contributed by atoms with E-state index in [4.69, 9.17) is 9.26 Å². The van der Waals surface area contributed by atoms with E-state index >= 15 is 0 Å². The minimum absolute atomic E-state index is 0.135. The Labute approximate surface area is 129 Å². The highest BCUT2D eigenvalue weighted by Crippen LogP contribution is 2.28. The van der Waals surface area contributed by atoms with Crippen LogP contribution in [-0.4, -0.2) is 36.3 Å². The van der Waals surface area contributed by atoms with Gasteiger partial charge in [0, 0.05) is 25.1 Å². The molecule has 1 aromatic heterocycles. The van der Waals surface area contributed by atoms with Gasteiger partial charge in [-0.3, -0.25) is 5.32 Å². The van der Waals surface area contributed by atoms with Crippen LogP contribution >= 0.6 is 0 Å². The van der Waals surface area contributed by atoms with Crippen LogP contribution in [0.3, 0.4) is 0 Å². The van der Waals surface area contributed by atoms with Gasteiger partial charge in [-0.1, -0.05) is 17.3 Å². The molecule has 1 aliphatic rings. The maximum atomic E-state index is 12.2. The Hall–Kier alpha value is -2.50. The molecule has 2 heterocycles. The molecule has 6 nitrogen and oxygen atoms in total. The molecule has 6 heteroatoms. The van der Waals surface area contributed by atoms with Crippen molar-refractivity contribution >= 4 is 11.8 Å². The Kier molecular flexibility index (Phi) is 4.00. The highest BCUT2D eigenvalue weighted by Gasteiger charge is 2.27. The first-order valence-electron chi connectivity index (χ1n) is 7.29. The van der Waals surface area contributed by atoms with Crippen molar-refractivity contribution in [2.45, 2.75) is 19.3 Å². The predicted molar refractivity (Wildman–Crippen MR) is 82.2 cm³/mol. The quantitative estimate of drug-likeness (QED) is 0.946. The first-order valence-corrected chi connectivity index (χ1v) is 7.29. The van der Waals surface area contributed by atoms with Crippen molar-refractivity contribution in [3.8, 4) is 5.75 Å². The molecular formula is C16H19N3O3. The first kappa shape index (κ1) is 14.4. The van der Waals surface area contributed by atoms with Gasteiger partial charge < -0.3 is 14.2 Å². The van der Waals surface area contributed by atoms with Gasteiger partial charge in [-0.05, 0) is 31.0 Å². The Morgan fingerprint density at radius 1 is 1.41 bits per heavy atom. The van der Waals surface area contributed by atoms with E-state index in [9.17, 15) is 4.79 Å². The standard InChI is InChI=1S/C16H19N3O3/c1-11-9-15(18-22-11)17-16(20)19-8-7-13(10-19)12-3-5-14(21-2)6-4-12/h3-6,9,13H,7-8,10H2,1-2H3,(H,17,18,20)/t13-/m0/s1. The van der Waals surface area contributed by atoms with E-state index in [0.717, 1.165) is 18.7 Å². The number of aryl methyl sites for hydroxylation is 1. The minimum Gasteiger partial charge on any atom is -0.497 e. The van der Waals surface area contributed by atoms with Crippen LogP contribution in [0.4, 0.5) is 10.6 Å². The molecular weight excluding hydrogens is 282 g/mol. The van der Waals surface area contributed by atoms with E-state index in [1.165, 1.54) is 5.56 Å². The summed E-state index contributed by atoms with van der Waals surface area (Å²) in [6.07, 6.45) is 0.956. The van der Waals surface area contributed by atoms with Crippen LogP contribution in [0, 0.1) is 6.92 Å². The highest BCUT2D eigenvalue weighted by molar-refractivity contribution is 5.88. The Balaban J connectivity index is 1.60. The summed E-state index contributed by atoms with van der Waals surface area (Å²) < 4.78 is 10.1. The van der Waals surface area contributed by atoms with Crippen molar-refractivity contribution in [2.75, 3.05) is 25.5 Å². The van der Waals surface area contributed by atoms with Gasteiger partial charge >= 0.3 is 6.03 Å². The van der Waals surface area contributed by atoms with Crippen LogP contribution in [0.5, 0.6) is 5.75 Å². The third-order valence-electron chi connectivity index (χ3n) is 3.93. The van der Waals surface area contributed by atoms with Gasteiger partial charge in [0.25, 0.3) is 0 Å². The van der Waals surface area contributed by atoms with Gasteiger partial charge in [0.2, 0.25) is 0 Å². The van der Waals surface area contributed by atoms with Crippen molar-refractivity contribution in [3.05, 3.63) is 41.7 Å². The van der Waals surface area contributed by atoms with Crippen LogP contribution < -0.4 is 10.1 Å². The molecule has 0 radical (unpaired) electrons. The number of carbonyl (C=O) groups excluding carboxylic acids is 1. The molecule has 1 atom stereocenters. The van der Waals surface area contributed by atoms with E-state index in [1.54, 1.807) is 25.0 Å². The predicted octanol–water partition coefficient (Wildman–Crippen LogP) is 3.01. The number of methoxy groups -OCH3 is 1. The monoisotopic (exact) mass is 301 g/mol. The largest absolute Gasteiger partial charge is 0.497 e. The number of benzene rings is 1. The molecule has 0 bridgehead atoms. The third kappa shape index (κ3) is 3.05. The normalized spacial score (nSPS) is 17.5. The Morgan fingerprint density at radius 2 is 2.18 bits per heavy atom. The van der Waals surface area contributed by atoms with Gasteiger partial charge in [-0.2, -0.15) is 0 Å². The molecule has 116 valence electrons. The number of nitrogens with one attached hydrogen (secondary N) is 1. The molecule has 3 rings (SSSR count). The second-order valence-electron chi connectivity index (χ2n) is 5.46. The molecule has 0 unspecified atom stereocenters. The van der Waals surface area contributed by atoms with Gasteiger partial charge in [0.05, 0.1) is 7.11 Å². The number of amides is 2. The maximum Gasteiger partial charge on any atom is 0.323 e. The zero-order chi connectivity index (χ0) is 15.5. The van der Waals surface area contributed by atoms with Gasteiger partial charge in [0.1, 0.15) is 11.5 Å². The molecule has 1 fully saturated rings. The number of urea groups is 1. The van der Waals surface area contributed by atoms with Gasteiger partial charge in [-0.25, -0.2) is 4.79 Å². The van der Waals surface area contributed by atoms with Crippen LogP contribution in [-0.2, 0) is 0 Å². The zero-order valence-electron chi connectivity index (χ0n) is 12.7. The molecule has 1 N–H and O–H groups in total. The SMILES string of the molecule is COc1ccc([C@H]2CCN(C(=O)Nc3cc(C)on3)C2)cc1. The summed E-state index contributed by atoms with van der Waals surface area (Å²) in [6, 6.07) is 9.60. The fourth-order valence-corrected chi connectivity index (χ4v) is 2.71. The lowest BCUT2D eigenvalue weighted by Crippen LogP contribution is -2.32. The number of ether oxygens (including phenoxy) is 1. The lowest BCUT2D eigenvalue weighted by molar-refractivity contribution is 0.221. The molecule has 2 aromatic rings. The number of carbonyl (C=O) groups is 1. The van der Waals surface area contributed by atoms with Gasteiger partial charge in [0.15, 0.2) is 5.82 Å². The fraction of sp³-hybridized carbons (Fsp3) is 0.375. The molecule has 1 aromatic carbocycles. The maximum absolute atomic E-state index is 12.2. The number of rotatable bonds is 3. The number of hydrogen-bond donors (Lipinski definition) is 1. The van der Waals surface area contributed by atoms with Crippen LogP contribution in [0.1, 0.15) is 23.7 Å². The molecule has 0 aliphatic carbocycles. The summed E-state index contributed by atoms with van der Waals surface area (Å²) >= 11 is 0. The smallest absolute Gasteiger partial charge is 0.323 e. The fourth-order valence-electron chi connectivity index (χ4n) is 2.71. The number of nitrogens with zero attached hydrogens (tertiary/aromatic N) is 2. The lowest BCUT2D eigenvalue weighted by Gasteiger charge is -2.16. The van der Waals surface area contributed by atoms with E-state index in [-0.39, 0.29) is 6.03 Å². The first-order chi connectivity index (χ1) is 10.7. The molecule has 22 heavy (non-hydrogen) atoms. The Bertz CT molecular complexity index is 651. The van der Waals surface area contributed by atoms with Crippen molar-refractivity contribution in [2.24, 2.45) is 0 Å². The number of hydrogen-bond acceptors (Lipinski definition) is 4. The molecule has 1 aliphatic heterocycles. The molecule has 2 amide bonds. The summed E-state index contributed by atoms with van der Waals surface area (Å²) in [7, 11) is 1.66. The van der Waals surface area contributed by atoms with Crippen molar-refractivity contribution in [1.29, 1.82) is 0 Å². The summed E-state index contributed by atoms with van der Waals surface area (Å²) in [4.78, 5) is 14.0. The van der Waals surface area contributed by atoms with Crippen molar-refractivity contribution < 1.29 is 14.1 Å². The van der Waals surface area contributed by atoms with Crippen LogP contribution in [0.25, 0.3) is 0 Å². The molecule has 0 spiro atoms. The number of aromatic nitrogens is 1. The molecule has 0 saturated carbocycles. The summed E-state index contributed by atoms with van der Waals surface area (Å²) in [5, 5.41) is 6.53. The second-order valence-corrected chi connectivity index (χ2v) is 5.46. The third-order valence-corrected chi connectivity index (χ3v) is 3.93. The minimum atomic E-state index is -0.135. The van der Waals surface area contributed by atoms with E-state index in [2.05, 4.69) is 22.6 Å². The molecule has 1 saturated heterocycles. The van der Waals surface area contributed by atoms with E-state index in [1.807, 2.05) is 12.1 Å². The van der Waals surface area contributed by atoms with Crippen molar-refractivity contribution in [3.63, 3.8) is 0 Å². The van der Waals surface area contributed by atoms with Crippen LogP contribution in [0.15, 0.2) is 34.9 Å². The summed E-state index contributed by atoms with van der Waals surface area (Å²) in [5.74, 6) is 2.33. The summed E-state index contributed by atoms with van der Waals surface area (Å²) in [5.41, 5.74) is 1.23. The highest BCUT2D eigenvalue weighted by atomic mass is 16.5. The number of likely N-dealkylation sites (tertiary alicyclic amines) is 1. The zero-order valence-corrected chi connectivity index (χ0v) is 12.7. The number of anilines is 1. The van der Waals surface area contributed by atoms with Crippen molar-refractivity contribution in [1.82, 2.24) is 10.1 Å². The average molecular weight is 301 g/mol. The second kappa shape index (κ2) is 6.09. The van der Waals surface area contributed by atoms with Gasteiger partial charge in [-0.15, -0.1) is 0 Å². The van der Waals surface area contributed by atoms with E-state index in [0.29, 0.717) is 24.0 Å². The summed E-state index contributed by atoms with van der Waals surface area (Å²) in [6.45, 7) is 3.23. The average Bonchev–Trinajstić information content (AvgIpc) is 3.17. The van der Waals surface area contributed by atoms with Crippen LogP contribution in [0.2, 0.25) is 0 Å². The Morgan fingerprint density at radius 3 is 2.82 bits per heavy atom. The topological polar surface area (TPSA) is 67.6 Å².